The van der Waals surface area contributed by atoms with Crippen LogP contribution >= 0.6 is 0 Å². The number of imidazole rings is 1. The van der Waals surface area contributed by atoms with Gasteiger partial charge in [-0.1, -0.05) is 31.2 Å². The van der Waals surface area contributed by atoms with Crippen LogP contribution in [0.5, 0.6) is 5.75 Å². The van der Waals surface area contributed by atoms with Crippen molar-refractivity contribution in [2.45, 2.75) is 26.3 Å². The van der Waals surface area contributed by atoms with Gasteiger partial charge in [0.1, 0.15) is 18.1 Å². The molecule has 0 atom stereocenters. The molecule has 0 aliphatic rings. The van der Waals surface area contributed by atoms with Crippen LogP contribution in [-0.4, -0.2) is 29.1 Å². The fourth-order valence-electron chi connectivity index (χ4n) is 2.83. The highest BCUT2D eigenvalue weighted by molar-refractivity contribution is 5.81. The minimum Gasteiger partial charge on any atom is -0.497 e. The summed E-state index contributed by atoms with van der Waals surface area (Å²) in [6, 6.07) is 15.9. The number of rotatable bonds is 7. The number of methoxy groups -OCH3 is 1. The predicted molar refractivity (Wildman–Crippen MR) is 98.8 cm³/mol. The number of aromatic nitrogens is 2. The normalized spacial score (nSPS) is 10.8. The fourth-order valence-corrected chi connectivity index (χ4v) is 2.83. The monoisotopic (exact) mass is 337 g/mol. The van der Waals surface area contributed by atoms with Gasteiger partial charge in [-0.3, -0.25) is 4.79 Å². The summed E-state index contributed by atoms with van der Waals surface area (Å²) >= 11 is 0. The smallest absolute Gasteiger partial charge is 0.240 e. The zero-order chi connectivity index (χ0) is 17.6. The summed E-state index contributed by atoms with van der Waals surface area (Å²) in [5, 5.41) is 2.94. The van der Waals surface area contributed by atoms with Gasteiger partial charge < -0.3 is 14.6 Å². The van der Waals surface area contributed by atoms with Crippen LogP contribution in [0.1, 0.15) is 24.7 Å². The third-order valence-corrected chi connectivity index (χ3v) is 4.13. The first-order chi connectivity index (χ1) is 12.2. The van der Waals surface area contributed by atoms with E-state index in [1.165, 1.54) is 0 Å². The first kappa shape index (κ1) is 17.0. The van der Waals surface area contributed by atoms with Crippen LogP contribution in [0, 0.1) is 0 Å². The molecule has 1 N–H and O–H groups in total. The lowest BCUT2D eigenvalue weighted by Gasteiger charge is -2.10. The average molecular weight is 337 g/mol. The first-order valence-electron chi connectivity index (χ1n) is 8.55. The summed E-state index contributed by atoms with van der Waals surface area (Å²) < 4.78 is 7.21. The third-order valence-electron chi connectivity index (χ3n) is 4.13. The number of hydrogen-bond acceptors (Lipinski definition) is 3. The molecule has 3 aromatic rings. The van der Waals surface area contributed by atoms with Gasteiger partial charge in [0.05, 0.1) is 18.1 Å². The van der Waals surface area contributed by atoms with E-state index in [4.69, 9.17) is 9.72 Å². The van der Waals surface area contributed by atoms with Gasteiger partial charge in [0.25, 0.3) is 0 Å². The SMILES string of the molecule is CCCNC(=O)Cn1c(Cc2ccc(OC)cc2)nc2ccccc21. The number of nitrogens with zero attached hydrogens (tertiary/aromatic N) is 2. The van der Waals surface area contributed by atoms with Crippen molar-refractivity contribution >= 4 is 16.9 Å². The van der Waals surface area contributed by atoms with Crippen molar-refractivity contribution in [3.8, 4) is 5.75 Å². The van der Waals surface area contributed by atoms with Gasteiger partial charge in [-0.25, -0.2) is 4.98 Å². The first-order valence-corrected chi connectivity index (χ1v) is 8.55. The summed E-state index contributed by atoms with van der Waals surface area (Å²) in [4.78, 5) is 17.0. The Morgan fingerprint density at radius 3 is 2.64 bits per heavy atom. The van der Waals surface area contributed by atoms with Crippen LogP contribution in [0.15, 0.2) is 48.5 Å². The van der Waals surface area contributed by atoms with Gasteiger partial charge in [-0.15, -0.1) is 0 Å². The maximum Gasteiger partial charge on any atom is 0.240 e. The molecule has 1 aromatic heterocycles. The second-order valence-corrected chi connectivity index (χ2v) is 5.98. The molecule has 0 spiro atoms. The lowest BCUT2D eigenvalue weighted by molar-refractivity contribution is -0.121. The van der Waals surface area contributed by atoms with Gasteiger partial charge >= 0.3 is 0 Å². The molecule has 25 heavy (non-hydrogen) atoms. The molecule has 3 rings (SSSR count). The summed E-state index contributed by atoms with van der Waals surface area (Å²) in [5.41, 5.74) is 3.03. The van der Waals surface area contributed by atoms with E-state index in [-0.39, 0.29) is 12.5 Å². The van der Waals surface area contributed by atoms with Gasteiger partial charge in [0, 0.05) is 13.0 Å². The zero-order valence-corrected chi connectivity index (χ0v) is 14.7. The molecular weight excluding hydrogens is 314 g/mol. The van der Waals surface area contributed by atoms with Gasteiger partial charge in [0.15, 0.2) is 0 Å². The topological polar surface area (TPSA) is 56.2 Å². The number of carbonyl (C=O) groups is 1. The number of carbonyl (C=O) groups excluding carboxylic acids is 1. The van der Waals surface area contributed by atoms with Crippen molar-refractivity contribution in [3.63, 3.8) is 0 Å². The van der Waals surface area contributed by atoms with Crippen molar-refractivity contribution < 1.29 is 9.53 Å². The molecule has 0 saturated carbocycles. The molecule has 2 aromatic carbocycles. The van der Waals surface area contributed by atoms with E-state index in [0.29, 0.717) is 13.0 Å². The van der Waals surface area contributed by atoms with Crippen LogP contribution < -0.4 is 10.1 Å². The lowest BCUT2D eigenvalue weighted by atomic mass is 10.1. The standard InChI is InChI=1S/C20H23N3O2/c1-3-12-21-20(24)14-23-18-7-5-4-6-17(18)22-19(23)13-15-8-10-16(25-2)11-9-15/h4-11H,3,12-14H2,1-2H3,(H,21,24). The minimum atomic E-state index is 0.0148. The van der Waals surface area contributed by atoms with Crippen molar-refractivity contribution in [2.75, 3.05) is 13.7 Å². The molecule has 0 fully saturated rings. The van der Waals surface area contributed by atoms with Crippen molar-refractivity contribution in [2.24, 2.45) is 0 Å². The van der Waals surface area contributed by atoms with Gasteiger partial charge in [0.2, 0.25) is 5.91 Å². The molecule has 130 valence electrons. The Labute approximate surface area is 147 Å². The molecule has 0 unspecified atom stereocenters. The van der Waals surface area contributed by atoms with E-state index in [1.807, 2.05) is 60.0 Å². The molecule has 5 heteroatoms. The fraction of sp³-hybridized carbons (Fsp3) is 0.300. The largest absolute Gasteiger partial charge is 0.497 e. The van der Waals surface area contributed by atoms with Gasteiger partial charge in [-0.05, 0) is 36.2 Å². The van der Waals surface area contributed by atoms with E-state index in [9.17, 15) is 4.79 Å². The summed E-state index contributed by atoms with van der Waals surface area (Å²) in [6.07, 6.45) is 1.59. The van der Waals surface area contributed by atoms with E-state index >= 15 is 0 Å². The number of ether oxygens (including phenoxy) is 1. The highest BCUT2D eigenvalue weighted by Crippen LogP contribution is 2.20. The summed E-state index contributed by atoms with van der Waals surface area (Å²) in [7, 11) is 1.66. The van der Waals surface area contributed by atoms with E-state index in [2.05, 4.69) is 5.32 Å². The number of amides is 1. The highest BCUT2D eigenvalue weighted by atomic mass is 16.5. The predicted octanol–water partition coefficient (Wildman–Crippen LogP) is 3.16. The molecular formula is C20H23N3O2. The van der Waals surface area contributed by atoms with Crippen LogP contribution in [0.4, 0.5) is 0 Å². The molecule has 5 nitrogen and oxygen atoms in total. The molecule has 0 saturated heterocycles. The Morgan fingerprint density at radius 2 is 1.92 bits per heavy atom. The summed E-state index contributed by atoms with van der Waals surface area (Å²) in [6.45, 7) is 3.02. The number of nitrogens with one attached hydrogen (secondary N) is 1. The van der Waals surface area contributed by atoms with E-state index in [1.54, 1.807) is 7.11 Å². The van der Waals surface area contributed by atoms with Crippen LogP contribution in [0.2, 0.25) is 0 Å². The van der Waals surface area contributed by atoms with Crippen LogP contribution in [0.3, 0.4) is 0 Å². The Hall–Kier alpha value is -2.82. The Kier molecular flexibility index (Phi) is 5.33. The van der Waals surface area contributed by atoms with Crippen molar-refractivity contribution in [3.05, 3.63) is 59.9 Å². The molecule has 0 bridgehead atoms. The maximum absolute atomic E-state index is 12.2. The molecule has 0 radical (unpaired) electrons. The zero-order valence-electron chi connectivity index (χ0n) is 14.7. The Bertz CT molecular complexity index is 853. The number of benzene rings is 2. The number of hydrogen-bond donors (Lipinski definition) is 1. The highest BCUT2D eigenvalue weighted by Gasteiger charge is 2.13. The number of fused-ring (bicyclic) bond motifs is 1. The number of para-hydroxylation sites is 2. The molecule has 1 amide bonds. The average Bonchev–Trinajstić information content (AvgIpc) is 2.98. The van der Waals surface area contributed by atoms with Crippen LogP contribution in [-0.2, 0) is 17.8 Å². The Morgan fingerprint density at radius 1 is 1.16 bits per heavy atom. The van der Waals surface area contributed by atoms with Gasteiger partial charge in [-0.2, -0.15) is 0 Å². The Balaban J connectivity index is 1.90. The lowest BCUT2D eigenvalue weighted by Crippen LogP contribution is -2.28. The van der Waals surface area contributed by atoms with Crippen molar-refractivity contribution in [1.29, 1.82) is 0 Å². The molecule has 0 aliphatic heterocycles. The second kappa shape index (κ2) is 7.83. The van der Waals surface area contributed by atoms with E-state index in [0.717, 1.165) is 34.6 Å². The summed E-state index contributed by atoms with van der Waals surface area (Å²) in [5.74, 6) is 1.73. The van der Waals surface area contributed by atoms with Crippen LogP contribution in [0.25, 0.3) is 11.0 Å². The van der Waals surface area contributed by atoms with E-state index < -0.39 is 0 Å². The quantitative estimate of drug-likeness (QED) is 0.720. The maximum atomic E-state index is 12.2. The third kappa shape index (κ3) is 3.99. The van der Waals surface area contributed by atoms with Crippen molar-refractivity contribution in [1.82, 2.24) is 14.9 Å². The minimum absolute atomic E-state index is 0.0148. The second-order valence-electron chi connectivity index (χ2n) is 5.98. The molecule has 0 aliphatic carbocycles. The molecule has 1 heterocycles.